The first-order valence-corrected chi connectivity index (χ1v) is 10.0. The van der Waals surface area contributed by atoms with Gasteiger partial charge in [-0.15, -0.1) is 0 Å². The third-order valence-electron chi connectivity index (χ3n) is 5.71. The molecule has 3 heterocycles. The molecule has 5 rings (SSSR count). The first-order valence-electron chi connectivity index (χ1n) is 10.0. The molecule has 3 aliphatic rings. The van der Waals surface area contributed by atoms with Crippen molar-refractivity contribution in [3.05, 3.63) is 42.4 Å². The van der Waals surface area contributed by atoms with Crippen molar-refractivity contribution in [1.29, 1.82) is 0 Å². The highest BCUT2D eigenvalue weighted by molar-refractivity contribution is 5.98. The number of ether oxygens (including phenoxy) is 2. The van der Waals surface area contributed by atoms with Gasteiger partial charge in [-0.2, -0.15) is 0 Å². The number of rotatable bonds is 4. The Hall–Kier alpha value is -2.83. The van der Waals surface area contributed by atoms with Gasteiger partial charge in [0, 0.05) is 31.4 Å². The lowest BCUT2D eigenvalue weighted by molar-refractivity contribution is 0.0701. The number of para-hydroxylation sites is 1. The van der Waals surface area contributed by atoms with Crippen molar-refractivity contribution in [2.45, 2.75) is 37.8 Å². The van der Waals surface area contributed by atoms with Crippen molar-refractivity contribution < 1.29 is 14.3 Å². The minimum Gasteiger partial charge on any atom is -0.486 e. The van der Waals surface area contributed by atoms with E-state index < -0.39 is 0 Å². The number of anilines is 1. The van der Waals surface area contributed by atoms with E-state index in [1.54, 1.807) is 12.5 Å². The molecule has 0 unspecified atom stereocenters. The van der Waals surface area contributed by atoms with E-state index in [0.29, 0.717) is 42.4 Å². The van der Waals surface area contributed by atoms with Gasteiger partial charge in [0.25, 0.3) is 5.91 Å². The van der Waals surface area contributed by atoms with Crippen LogP contribution in [0.2, 0.25) is 0 Å². The number of aromatic nitrogens is 2. The highest BCUT2D eigenvalue weighted by Gasteiger charge is 2.37. The van der Waals surface area contributed by atoms with Gasteiger partial charge >= 0.3 is 0 Å². The fourth-order valence-electron chi connectivity index (χ4n) is 4.22. The Morgan fingerprint density at radius 3 is 2.57 bits per heavy atom. The molecule has 0 N–H and O–H groups in total. The third kappa shape index (κ3) is 3.25. The molecule has 1 amide bonds. The Bertz CT molecular complexity index is 848. The molecular formula is C21H24N4O3. The number of piperidine rings is 1. The maximum atomic E-state index is 13.1. The van der Waals surface area contributed by atoms with Crippen LogP contribution in [0.3, 0.4) is 0 Å². The summed E-state index contributed by atoms with van der Waals surface area (Å²) in [5, 5.41) is 0. The first kappa shape index (κ1) is 17.3. The number of carbonyl (C=O) groups is 1. The number of likely N-dealkylation sites (tertiary alicyclic amines) is 1. The monoisotopic (exact) mass is 380 g/mol. The molecule has 0 atom stereocenters. The van der Waals surface area contributed by atoms with Gasteiger partial charge in [0.1, 0.15) is 25.4 Å². The number of carbonyl (C=O) groups excluding carboxylic acids is 1. The van der Waals surface area contributed by atoms with Crippen molar-refractivity contribution >= 4 is 11.7 Å². The summed E-state index contributed by atoms with van der Waals surface area (Å²) in [5.41, 5.74) is 0.602. The molecule has 2 aromatic rings. The largest absolute Gasteiger partial charge is 0.486 e. The zero-order valence-corrected chi connectivity index (χ0v) is 15.8. The zero-order valence-electron chi connectivity index (χ0n) is 15.8. The number of hydrogen-bond donors (Lipinski definition) is 0. The molecule has 7 heteroatoms. The lowest BCUT2D eigenvalue weighted by Crippen LogP contribution is -2.48. The highest BCUT2D eigenvalue weighted by atomic mass is 16.6. The predicted octanol–water partition coefficient (Wildman–Crippen LogP) is 2.52. The van der Waals surface area contributed by atoms with Crippen LogP contribution in [-0.4, -0.2) is 59.2 Å². The van der Waals surface area contributed by atoms with Crippen LogP contribution in [-0.2, 0) is 0 Å². The van der Waals surface area contributed by atoms with Gasteiger partial charge in [-0.1, -0.05) is 6.07 Å². The minimum atomic E-state index is 0.0285. The second kappa shape index (κ2) is 7.30. The Morgan fingerprint density at radius 2 is 1.82 bits per heavy atom. The van der Waals surface area contributed by atoms with Gasteiger partial charge in [0.15, 0.2) is 11.5 Å². The normalized spacial score (nSPS) is 19.4. The second-order valence-electron chi connectivity index (χ2n) is 7.56. The van der Waals surface area contributed by atoms with Gasteiger partial charge in [-0.05, 0) is 43.9 Å². The van der Waals surface area contributed by atoms with Crippen LogP contribution in [0.15, 0.2) is 36.8 Å². The fraction of sp³-hybridized carbons (Fsp3) is 0.476. The molecular weight excluding hydrogens is 356 g/mol. The minimum absolute atomic E-state index is 0.0285. The molecule has 1 saturated carbocycles. The summed E-state index contributed by atoms with van der Waals surface area (Å²) in [5.74, 6) is 2.28. The Labute approximate surface area is 164 Å². The van der Waals surface area contributed by atoms with Crippen molar-refractivity contribution in [3.8, 4) is 11.5 Å². The highest BCUT2D eigenvalue weighted by Crippen LogP contribution is 2.37. The van der Waals surface area contributed by atoms with E-state index >= 15 is 0 Å². The SMILES string of the molecule is O=C(c1cccc2c1OCCO2)N1CCC(N(c2ccncn2)C2CC2)CC1. The van der Waals surface area contributed by atoms with E-state index in [-0.39, 0.29) is 5.91 Å². The summed E-state index contributed by atoms with van der Waals surface area (Å²) in [7, 11) is 0. The Kier molecular flexibility index (Phi) is 4.50. The molecule has 1 saturated heterocycles. The average molecular weight is 380 g/mol. The summed E-state index contributed by atoms with van der Waals surface area (Å²) >= 11 is 0. The second-order valence-corrected chi connectivity index (χ2v) is 7.56. The van der Waals surface area contributed by atoms with E-state index in [2.05, 4.69) is 14.9 Å². The first-order chi connectivity index (χ1) is 13.8. The summed E-state index contributed by atoms with van der Waals surface area (Å²) in [6, 6.07) is 8.52. The molecule has 28 heavy (non-hydrogen) atoms. The third-order valence-corrected chi connectivity index (χ3v) is 5.71. The van der Waals surface area contributed by atoms with Crippen LogP contribution < -0.4 is 14.4 Å². The summed E-state index contributed by atoms with van der Waals surface area (Å²) in [6.07, 6.45) is 7.74. The predicted molar refractivity (Wildman–Crippen MR) is 104 cm³/mol. The van der Waals surface area contributed by atoms with Gasteiger partial charge in [-0.25, -0.2) is 9.97 Å². The van der Waals surface area contributed by atoms with E-state index in [4.69, 9.17) is 9.47 Å². The molecule has 7 nitrogen and oxygen atoms in total. The van der Waals surface area contributed by atoms with Crippen molar-refractivity contribution in [3.63, 3.8) is 0 Å². The topological polar surface area (TPSA) is 67.8 Å². The molecule has 1 aliphatic carbocycles. The molecule has 2 fully saturated rings. The van der Waals surface area contributed by atoms with E-state index in [9.17, 15) is 4.79 Å². The Morgan fingerprint density at radius 1 is 1.04 bits per heavy atom. The number of nitrogens with zero attached hydrogens (tertiary/aromatic N) is 4. The lowest BCUT2D eigenvalue weighted by Gasteiger charge is -2.39. The molecule has 2 aliphatic heterocycles. The standard InChI is InChI=1S/C21H24N4O3/c26-21(17-2-1-3-18-20(17)28-13-12-27-18)24-10-7-16(8-11-24)25(15-4-5-15)19-6-9-22-14-23-19/h1-3,6,9,14-16H,4-5,7-8,10-13H2. The molecule has 1 aromatic carbocycles. The van der Waals surface area contributed by atoms with Gasteiger partial charge in [0.05, 0.1) is 5.56 Å². The maximum absolute atomic E-state index is 13.1. The van der Waals surface area contributed by atoms with Crippen LogP contribution in [0.4, 0.5) is 5.82 Å². The average Bonchev–Trinajstić information content (AvgIpc) is 3.59. The maximum Gasteiger partial charge on any atom is 0.257 e. The van der Waals surface area contributed by atoms with Crippen LogP contribution in [0.5, 0.6) is 11.5 Å². The molecule has 1 aromatic heterocycles. The van der Waals surface area contributed by atoms with Crippen LogP contribution >= 0.6 is 0 Å². The number of hydrogen-bond acceptors (Lipinski definition) is 6. The number of amides is 1. The van der Waals surface area contributed by atoms with Crippen LogP contribution in [0.1, 0.15) is 36.0 Å². The number of fused-ring (bicyclic) bond motifs is 1. The molecule has 0 spiro atoms. The van der Waals surface area contributed by atoms with Crippen molar-refractivity contribution in [2.75, 3.05) is 31.2 Å². The van der Waals surface area contributed by atoms with E-state index in [0.717, 1.165) is 31.7 Å². The fourth-order valence-corrected chi connectivity index (χ4v) is 4.22. The quantitative estimate of drug-likeness (QED) is 0.812. The lowest BCUT2D eigenvalue weighted by atomic mass is 10.0. The smallest absolute Gasteiger partial charge is 0.257 e. The van der Waals surface area contributed by atoms with Crippen LogP contribution in [0.25, 0.3) is 0 Å². The molecule has 146 valence electrons. The van der Waals surface area contributed by atoms with E-state index in [1.807, 2.05) is 29.2 Å². The molecule has 0 bridgehead atoms. The van der Waals surface area contributed by atoms with Crippen LogP contribution in [0, 0.1) is 0 Å². The summed E-state index contributed by atoms with van der Waals surface area (Å²) < 4.78 is 11.3. The van der Waals surface area contributed by atoms with Gasteiger partial charge in [-0.3, -0.25) is 4.79 Å². The van der Waals surface area contributed by atoms with Crippen molar-refractivity contribution in [1.82, 2.24) is 14.9 Å². The van der Waals surface area contributed by atoms with Crippen molar-refractivity contribution in [2.24, 2.45) is 0 Å². The van der Waals surface area contributed by atoms with Gasteiger partial charge in [0.2, 0.25) is 0 Å². The Balaban J connectivity index is 1.29. The summed E-state index contributed by atoms with van der Waals surface area (Å²) in [6.45, 7) is 2.48. The summed E-state index contributed by atoms with van der Waals surface area (Å²) in [4.78, 5) is 26.0. The number of benzene rings is 1. The zero-order chi connectivity index (χ0) is 18.9. The van der Waals surface area contributed by atoms with E-state index in [1.165, 1.54) is 12.8 Å². The molecule has 0 radical (unpaired) electrons. The van der Waals surface area contributed by atoms with Gasteiger partial charge < -0.3 is 19.3 Å².